The third kappa shape index (κ3) is 3.35. The van der Waals surface area contributed by atoms with Gasteiger partial charge in [-0.2, -0.15) is 0 Å². The fraction of sp³-hybridized carbons (Fsp3) is 0.923. The third-order valence-corrected chi connectivity index (χ3v) is 4.06. The van der Waals surface area contributed by atoms with Crippen molar-refractivity contribution in [3.8, 4) is 0 Å². The van der Waals surface area contributed by atoms with Gasteiger partial charge in [0.2, 0.25) is 0 Å². The Kier molecular flexibility index (Phi) is 4.26. The van der Waals surface area contributed by atoms with Crippen molar-refractivity contribution in [1.29, 1.82) is 0 Å². The standard InChI is InChI=1S/C13H25N3O/c1-11-10-15(2)9-6-12(11)14-13(17)16-7-4-3-5-8-16/h11-12H,3-10H2,1-2H3,(H,14,17). The molecule has 2 aliphatic heterocycles. The molecule has 17 heavy (non-hydrogen) atoms. The number of amides is 2. The number of rotatable bonds is 1. The smallest absolute Gasteiger partial charge is 0.317 e. The molecule has 0 spiro atoms. The van der Waals surface area contributed by atoms with E-state index in [4.69, 9.17) is 0 Å². The zero-order valence-corrected chi connectivity index (χ0v) is 11.1. The number of carbonyl (C=O) groups is 1. The van der Waals surface area contributed by atoms with Crippen LogP contribution in [0.25, 0.3) is 0 Å². The lowest BCUT2D eigenvalue weighted by Crippen LogP contribution is -2.53. The van der Waals surface area contributed by atoms with Crippen LogP contribution >= 0.6 is 0 Å². The molecular weight excluding hydrogens is 214 g/mol. The van der Waals surface area contributed by atoms with E-state index in [1.54, 1.807) is 0 Å². The molecule has 0 aromatic rings. The Balaban J connectivity index is 1.81. The molecule has 2 fully saturated rings. The Morgan fingerprint density at radius 1 is 1.18 bits per heavy atom. The average molecular weight is 239 g/mol. The molecule has 2 unspecified atom stereocenters. The summed E-state index contributed by atoms with van der Waals surface area (Å²) in [7, 11) is 2.15. The van der Waals surface area contributed by atoms with E-state index in [0.717, 1.165) is 45.4 Å². The third-order valence-electron chi connectivity index (χ3n) is 4.06. The van der Waals surface area contributed by atoms with Gasteiger partial charge in [-0.1, -0.05) is 6.92 Å². The monoisotopic (exact) mass is 239 g/mol. The lowest BCUT2D eigenvalue weighted by molar-refractivity contribution is 0.151. The van der Waals surface area contributed by atoms with Gasteiger partial charge in [-0.15, -0.1) is 0 Å². The summed E-state index contributed by atoms with van der Waals surface area (Å²) in [5.74, 6) is 0.558. The molecule has 2 atom stereocenters. The van der Waals surface area contributed by atoms with Gasteiger partial charge in [0.25, 0.3) is 0 Å². The predicted molar refractivity (Wildman–Crippen MR) is 69.0 cm³/mol. The molecule has 0 aliphatic carbocycles. The minimum absolute atomic E-state index is 0.158. The number of likely N-dealkylation sites (tertiary alicyclic amines) is 2. The molecule has 4 heteroatoms. The van der Waals surface area contributed by atoms with Crippen molar-refractivity contribution in [2.24, 2.45) is 5.92 Å². The normalized spacial score (nSPS) is 31.3. The average Bonchev–Trinajstić information content (AvgIpc) is 2.34. The summed E-state index contributed by atoms with van der Waals surface area (Å²) in [6.07, 6.45) is 4.68. The molecular formula is C13H25N3O. The molecule has 4 nitrogen and oxygen atoms in total. The van der Waals surface area contributed by atoms with Gasteiger partial charge in [-0.25, -0.2) is 4.79 Å². The van der Waals surface area contributed by atoms with Crippen molar-refractivity contribution in [1.82, 2.24) is 15.1 Å². The summed E-state index contributed by atoms with van der Waals surface area (Å²) in [4.78, 5) is 16.4. The first-order valence-electron chi connectivity index (χ1n) is 6.91. The molecule has 1 N–H and O–H groups in total. The van der Waals surface area contributed by atoms with Crippen LogP contribution in [0.2, 0.25) is 0 Å². The van der Waals surface area contributed by atoms with Gasteiger partial charge < -0.3 is 15.1 Å². The van der Waals surface area contributed by atoms with E-state index in [1.165, 1.54) is 6.42 Å². The van der Waals surface area contributed by atoms with E-state index in [-0.39, 0.29) is 6.03 Å². The Bertz CT molecular complexity index is 263. The van der Waals surface area contributed by atoms with E-state index in [2.05, 4.69) is 24.2 Å². The van der Waals surface area contributed by atoms with Crippen LogP contribution in [0.15, 0.2) is 0 Å². The molecule has 2 saturated heterocycles. The van der Waals surface area contributed by atoms with Crippen molar-refractivity contribution in [3.05, 3.63) is 0 Å². The fourth-order valence-corrected chi connectivity index (χ4v) is 2.92. The highest BCUT2D eigenvalue weighted by Gasteiger charge is 2.27. The van der Waals surface area contributed by atoms with Crippen LogP contribution in [-0.4, -0.2) is 55.1 Å². The van der Waals surface area contributed by atoms with E-state index in [1.807, 2.05) is 4.90 Å². The summed E-state index contributed by atoms with van der Waals surface area (Å²) in [5.41, 5.74) is 0. The van der Waals surface area contributed by atoms with Crippen molar-refractivity contribution < 1.29 is 4.79 Å². The van der Waals surface area contributed by atoms with Crippen molar-refractivity contribution in [2.75, 3.05) is 33.2 Å². The second kappa shape index (κ2) is 5.71. The van der Waals surface area contributed by atoms with Crippen LogP contribution in [0.1, 0.15) is 32.6 Å². The highest BCUT2D eigenvalue weighted by atomic mass is 16.2. The van der Waals surface area contributed by atoms with Gasteiger partial charge in [-0.05, 0) is 45.2 Å². The fourth-order valence-electron chi connectivity index (χ4n) is 2.92. The van der Waals surface area contributed by atoms with Crippen LogP contribution in [0.3, 0.4) is 0 Å². The topological polar surface area (TPSA) is 35.6 Å². The van der Waals surface area contributed by atoms with Crippen molar-refractivity contribution >= 4 is 6.03 Å². The van der Waals surface area contributed by atoms with E-state index in [9.17, 15) is 4.79 Å². The molecule has 0 radical (unpaired) electrons. The molecule has 2 amide bonds. The van der Waals surface area contributed by atoms with Gasteiger partial charge in [0, 0.05) is 25.7 Å². The summed E-state index contributed by atoms with van der Waals surface area (Å²) in [6.45, 7) is 6.29. The van der Waals surface area contributed by atoms with Crippen LogP contribution in [0.5, 0.6) is 0 Å². The van der Waals surface area contributed by atoms with E-state index < -0.39 is 0 Å². The zero-order chi connectivity index (χ0) is 12.3. The molecule has 0 aromatic heterocycles. The summed E-state index contributed by atoms with van der Waals surface area (Å²) in [5, 5.41) is 3.22. The van der Waals surface area contributed by atoms with Crippen LogP contribution in [-0.2, 0) is 0 Å². The number of urea groups is 1. The van der Waals surface area contributed by atoms with Crippen LogP contribution in [0, 0.1) is 5.92 Å². The molecule has 98 valence electrons. The van der Waals surface area contributed by atoms with E-state index >= 15 is 0 Å². The summed E-state index contributed by atoms with van der Waals surface area (Å²) in [6, 6.07) is 0.520. The molecule has 2 rings (SSSR count). The largest absolute Gasteiger partial charge is 0.335 e. The van der Waals surface area contributed by atoms with Gasteiger partial charge in [0.1, 0.15) is 0 Å². The maximum atomic E-state index is 12.1. The molecule has 2 aliphatic rings. The van der Waals surface area contributed by atoms with Gasteiger partial charge >= 0.3 is 6.03 Å². The van der Waals surface area contributed by atoms with Gasteiger partial charge in [-0.3, -0.25) is 0 Å². The molecule has 0 saturated carbocycles. The van der Waals surface area contributed by atoms with Crippen molar-refractivity contribution in [3.63, 3.8) is 0 Å². The van der Waals surface area contributed by atoms with Crippen LogP contribution < -0.4 is 5.32 Å². The highest BCUT2D eigenvalue weighted by molar-refractivity contribution is 5.74. The Hall–Kier alpha value is -0.770. The lowest BCUT2D eigenvalue weighted by atomic mass is 9.94. The van der Waals surface area contributed by atoms with Crippen LogP contribution in [0.4, 0.5) is 4.79 Å². The maximum Gasteiger partial charge on any atom is 0.317 e. The highest BCUT2D eigenvalue weighted by Crippen LogP contribution is 2.16. The second-order valence-corrected chi connectivity index (χ2v) is 5.63. The second-order valence-electron chi connectivity index (χ2n) is 5.63. The summed E-state index contributed by atoms with van der Waals surface area (Å²) < 4.78 is 0. The van der Waals surface area contributed by atoms with Crippen molar-refractivity contribution in [2.45, 2.75) is 38.6 Å². The SMILES string of the molecule is CC1CN(C)CCC1NC(=O)N1CCCCC1. The Morgan fingerprint density at radius 2 is 1.88 bits per heavy atom. The molecule has 0 bridgehead atoms. The zero-order valence-electron chi connectivity index (χ0n) is 11.1. The number of hydrogen-bond acceptors (Lipinski definition) is 2. The van der Waals surface area contributed by atoms with Gasteiger partial charge in [0.15, 0.2) is 0 Å². The number of hydrogen-bond donors (Lipinski definition) is 1. The van der Waals surface area contributed by atoms with E-state index in [0.29, 0.717) is 12.0 Å². The molecule has 2 heterocycles. The number of carbonyl (C=O) groups excluding carboxylic acids is 1. The number of nitrogens with zero attached hydrogens (tertiary/aromatic N) is 2. The first kappa shape index (κ1) is 12.7. The minimum atomic E-state index is 0.158. The van der Waals surface area contributed by atoms with Gasteiger partial charge in [0.05, 0.1) is 0 Å². The maximum absolute atomic E-state index is 12.1. The summed E-state index contributed by atoms with van der Waals surface area (Å²) >= 11 is 0. The first-order valence-corrected chi connectivity index (χ1v) is 6.91. The Morgan fingerprint density at radius 3 is 2.53 bits per heavy atom. The molecule has 0 aromatic carbocycles. The Labute approximate surface area is 104 Å². The quantitative estimate of drug-likeness (QED) is 0.753. The minimum Gasteiger partial charge on any atom is -0.335 e. The first-order chi connectivity index (χ1) is 8.16. The predicted octanol–water partition coefficient (Wildman–Crippen LogP) is 1.52. The number of nitrogens with one attached hydrogen (secondary N) is 1. The lowest BCUT2D eigenvalue weighted by Gasteiger charge is -2.37. The number of piperidine rings is 2.